The molecule has 0 aromatic rings. The zero-order valence-electron chi connectivity index (χ0n) is 12.7. The predicted octanol–water partition coefficient (Wildman–Crippen LogP) is -5.00. The second-order valence-corrected chi connectivity index (χ2v) is 5.85. The Bertz CT molecular complexity index is 517. The van der Waals surface area contributed by atoms with Gasteiger partial charge in [-0.05, 0) is 31.3 Å². The molecule has 0 aromatic carbocycles. The van der Waals surface area contributed by atoms with E-state index in [4.69, 9.17) is 9.84 Å². The van der Waals surface area contributed by atoms with E-state index in [1.165, 1.54) is 11.8 Å². The number of rotatable bonds is 4. The zero-order valence-corrected chi connectivity index (χ0v) is 14.7. The predicted molar refractivity (Wildman–Crippen MR) is 67.4 cm³/mol. The number of hydrogen-bond acceptors (Lipinski definition) is 6. The van der Waals surface area contributed by atoms with Crippen molar-refractivity contribution in [1.29, 1.82) is 0 Å². The van der Waals surface area contributed by atoms with Gasteiger partial charge in [-0.3, -0.25) is 4.79 Å². The number of carbonyl (C=O) groups is 2. The van der Waals surface area contributed by atoms with E-state index in [0.29, 0.717) is 25.0 Å². The summed E-state index contributed by atoms with van der Waals surface area (Å²) in [4.78, 5) is 24.8. The van der Waals surface area contributed by atoms with Gasteiger partial charge in [0.05, 0.1) is 29.7 Å². The Morgan fingerprint density at radius 3 is 2.77 bits per heavy atom. The Balaban J connectivity index is 0.00000176. The number of fused-ring (bicyclic) bond motifs is 3. The average molecular weight is 319 g/mol. The van der Waals surface area contributed by atoms with Crippen LogP contribution in [0.15, 0.2) is 11.3 Å². The maximum absolute atomic E-state index is 12.1. The molecule has 3 aliphatic rings. The second-order valence-electron chi connectivity index (χ2n) is 5.85. The standard InChI is InChI=1S/C14H19NO6.Na/c1-6(17)8-10-12-9(7(2-4-16)3-5-21-12)11(14(19)20)15(10)13(8)18;/h6-8,10,12,16-17H,2-5H2,1H3,(H,19,20);/q;+1/p-1/t6-,7+,8-,10+,12+;/m1./s1. The van der Waals surface area contributed by atoms with Gasteiger partial charge in [-0.1, -0.05) is 0 Å². The minimum atomic E-state index is -1.40. The van der Waals surface area contributed by atoms with Crippen LogP contribution in [0.25, 0.3) is 0 Å². The zero-order chi connectivity index (χ0) is 15.3. The van der Waals surface area contributed by atoms with Crippen LogP contribution >= 0.6 is 0 Å². The van der Waals surface area contributed by atoms with Crippen LogP contribution in [0, 0.1) is 11.8 Å². The molecule has 0 radical (unpaired) electrons. The van der Waals surface area contributed by atoms with Gasteiger partial charge < -0.3 is 29.8 Å². The van der Waals surface area contributed by atoms with Gasteiger partial charge in [0.1, 0.15) is 6.10 Å². The van der Waals surface area contributed by atoms with Crippen molar-refractivity contribution in [1.82, 2.24) is 4.90 Å². The molecule has 8 heteroatoms. The first-order chi connectivity index (χ1) is 9.99. The van der Waals surface area contributed by atoms with E-state index in [1.54, 1.807) is 0 Å². The molecule has 5 atom stereocenters. The molecule has 116 valence electrons. The summed E-state index contributed by atoms with van der Waals surface area (Å²) in [5.74, 6) is -2.57. The van der Waals surface area contributed by atoms with Crippen molar-refractivity contribution in [3.63, 3.8) is 0 Å². The Morgan fingerprint density at radius 2 is 2.23 bits per heavy atom. The number of carboxylic acids is 1. The molecular weight excluding hydrogens is 301 g/mol. The number of aliphatic hydroxyl groups excluding tert-OH is 2. The summed E-state index contributed by atoms with van der Waals surface area (Å²) in [6.07, 6.45) is -0.333. The molecule has 2 saturated heterocycles. The summed E-state index contributed by atoms with van der Waals surface area (Å²) >= 11 is 0. The van der Waals surface area contributed by atoms with Gasteiger partial charge in [0.15, 0.2) is 0 Å². The molecule has 7 nitrogen and oxygen atoms in total. The summed E-state index contributed by atoms with van der Waals surface area (Å²) in [7, 11) is 0. The Labute approximate surface area is 150 Å². The quantitative estimate of drug-likeness (QED) is 0.397. The van der Waals surface area contributed by atoms with Crippen LogP contribution in [-0.4, -0.2) is 58.5 Å². The van der Waals surface area contributed by atoms with E-state index >= 15 is 0 Å². The van der Waals surface area contributed by atoms with E-state index in [-0.39, 0.29) is 47.8 Å². The summed E-state index contributed by atoms with van der Waals surface area (Å²) < 4.78 is 5.69. The van der Waals surface area contributed by atoms with Crippen LogP contribution < -0.4 is 34.7 Å². The molecule has 0 saturated carbocycles. The van der Waals surface area contributed by atoms with Gasteiger partial charge in [0.25, 0.3) is 0 Å². The number of aliphatic carboxylic acids is 1. The van der Waals surface area contributed by atoms with E-state index in [0.717, 1.165) is 0 Å². The van der Waals surface area contributed by atoms with E-state index in [1.807, 2.05) is 0 Å². The molecule has 0 spiro atoms. The third kappa shape index (κ3) is 2.44. The van der Waals surface area contributed by atoms with Gasteiger partial charge in [-0.2, -0.15) is 0 Å². The van der Waals surface area contributed by atoms with Crippen molar-refractivity contribution >= 4 is 11.9 Å². The number of nitrogens with zero attached hydrogens (tertiary/aromatic N) is 1. The first-order valence-electron chi connectivity index (χ1n) is 7.18. The van der Waals surface area contributed by atoms with Crippen molar-refractivity contribution in [3.05, 3.63) is 11.3 Å². The van der Waals surface area contributed by atoms with Crippen molar-refractivity contribution in [2.24, 2.45) is 11.8 Å². The second kappa shape index (κ2) is 6.59. The summed E-state index contributed by atoms with van der Waals surface area (Å²) in [6.45, 7) is 1.91. The largest absolute Gasteiger partial charge is 1.00 e. The van der Waals surface area contributed by atoms with Crippen molar-refractivity contribution in [2.45, 2.75) is 38.0 Å². The summed E-state index contributed by atoms with van der Waals surface area (Å²) in [5.41, 5.74) is 0.418. The van der Waals surface area contributed by atoms with Crippen LogP contribution in [0.1, 0.15) is 19.8 Å². The molecule has 3 rings (SSSR count). The first kappa shape index (κ1) is 17.9. The van der Waals surface area contributed by atoms with E-state index < -0.39 is 36.0 Å². The molecule has 1 amide bonds. The van der Waals surface area contributed by atoms with Crippen molar-refractivity contribution in [2.75, 3.05) is 13.2 Å². The third-order valence-corrected chi connectivity index (χ3v) is 4.71. The molecular formula is C14H18NNaO6. The summed E-state index contributed by atoms with van der Waals surface area (Å²) in [6, 6.07) is -0.470. The van der Waals surface area contributed by atoms with E-state index in [9.17, 15) is 19.8 Å². The fraction of sp³-hybridized carbons (Fsp3) is 0.714. The van der Waals surface area contributed by atoms with Gasteiger partial charge in [0.2, 0.25) is 5.91 Å². The van der Waals surface area contributed by atoms with E-state index in [2.05, 4.69) is 0 Å². The molecule has 0 unspecified atom stereocenters. The molecule has 3 heterocycles. The van der Waals surface area contributed by atoms with Gasteiger partial charge in [0, 0.05) is 13.2 Å². The number of carbonyl (C=O) groups excluding carboxylic acids is 2. The van der Waals surface area contributed by atoms with Crippen LogP contribution in [0.2, 0.25) is 0 Å². The average Bonchev–Trinajstić information content (AvgIpc) is 2.70. The fourth-order valence-electron chi connectivity index (χ4n) is 3.84. The minimum absolute atomic E-state index is 0. The third-order valence-electron chi connectivity index (χ3n) is 4.71. The number of amides is 1. The number of β-lactam (4-membered cyclic amide) rings is 1. The van der Waals surface area contributed by atoms with Gasteiger partial charge in [-0.25, -0.2) is 0 Å². The number of ether oxygens (including phenoxy) is 1. The molecule has 0 aliphatic carbocycles. The van der Waals surface area contributed by atoms with Gasteiger partial charge >= 0.3 is 29.6 Å². The Morgan fingerprint density at radius 1 is 1.55 bits per heavy atom. The molecule has 2 fully saturated rings. The summed E-state index contributed by atoms with van der Waals surface area (Å²) in [5, 5.41) is 30.4. The molecule has 2 N–H and O–H groups in total. The van der Waals surface area contributed by atoms with Gasteiger partial charge in [-0.15, -0.1) is 0 Å². The topological polar surface area (TPSA) is 110 Å². The smallest absolute Gasteiger partial charge is 0.543 e. The number of hydrogen-bond donors (Lipinski definition) is 2. The molecule has 3 aliphatic heterocycles. The number of aliphatic hydroxyl groups is 2. The maximum Gasteiger partial charge on any atom is 1.00 e. The monoisotopic (exact) mass is 319 g/mol. The molecule has 22 heavy (non-hydrogen) atoms. The van der Waals surface area contributed by atoms with Crippen LogP contribution in [0.4, 0.5) is 0 Å². The normalized spacial score (nSPS) is 34.5. The van der Waals surface area contributed by atoms with Crippen LogP contribution in [0.3, 0.4) is 0 Å². The number of carboxylic acid groups (broad SMARTS) is 1. The molecule has 0 aromatic heterocycles. The van der Waals surface area contributed by atoms with Crippen molar-refractivity contribution in [3.8, 4) is 0 Å². The minimum Gasteiger partial charge on any atom is -0.543 e. The first-order valence-corrected chi connectivity index (χ1v) is 7.18. The van der Waals surface area contributed by atoms with Crippen LogP contribution in [-0.2, 0) is 14.3 Å². The fourth-order valence-corrected chi connectivity index (χ4v) is 3.84. The molecule has 0 bridgehead atoms. The Hall–Kier alpha value is -0.440. The maximum atomic E-state index is 12.1. The SMILES string of the molecule is C[C@@H](O)[C@H]1C(=O)N2C(C(=O)[O-])=C3[C@@H](CCO)CCO[C@@H]3[C@H]12.[Na+]. The Kier molecular flexibility index (Phi) is 5.36. The van der Waals surface area contributed by atoms with Crippen molar-refractivity contribution < 1.29 is 59.2 Å². The van der Waals surface area contributed by atoms with Crippen LogP contribution in [0.5, 0.6) is 0 Å².